The third kappa shape index (κ3) is 1.82. The number of aromatic nitrogens is 2. The molecule has 3 aromatic rings. The van der Waals surface area contributed by atoms with Gasteiger partial charge in [0.1, 0.15) is 17.3 Å². The molecule has 21 heavy (non-hydrogen) atoms. The molecule has 1 amide bonds. The van der Waals surface area contributed by atoms with Gasteiger partial charge in [0.2, 0.25) is 5.91 Å². The summed E-state index contributed by atoms with van der Waals surface area (Å²) in [5, 5.41) is 10.8. The highest BCUT2D eigenvalue weighted by Gasteiger charge is 2.36. The molecule has 1 unspecified atom stereocenters. The Morgan fingerprint density at radius 1 is 0.952 bits per heavy atom. The zero-order valence-corrected chi connectivity index (χ0v) is 11.0. The molecule has 5 nitrogen and oxygen atoms in total. The van der Waals surface area contributed by atoms with Gasteiger partial charge in [0.15, 0.2) is 0 Å². The predicted molar refractivity (Wildman–Crippen MR) is 76.6 cm³/mol. The van der Waals surface area contributed by atoms with Crippen LogP contribution in [0.15, 0.2) is 59.2 Å². The lowest BCUT2D eigenvalue weighted by Gasteiger charge is -2.06. The Bertz CT molecular complexity index is 811. The number of anilines is 1. The van der Waals surface area contributed by atoms with E-state index in [1.54, 1.807) is 0 Å². The summed E-state index contributed by atoms with van der Waals surface area (Å²) in [6.07, 6.45) is 0. The van der Waals surface area contributed by atoms with Gasteiger partial charge in [-0.1, -0.05) is 53.7 Å². The minimum absolute atomic E-state index is 0.107. The summed E-state index contributed by atoms with van der Waals surface area (Å²) >= 11 is 0. The molecule has 1 aromatic heterocycles. The van der Waals surface area contributed by atoms with Crippen molar-refractivity contribution in [3.05, 3.63) is 65.9 Å². The molecule has 2 heterocycles. The van der Waals surface area contributed by atoms with Crippen molar-refractivity contribution in [2.75, 3.05) is 5.32 Å². The molecule has 0 saturated heterocycles. The number of carbonyl (C=O) groups is 1. The SMILES string of the molecule is O=C1Nc2ccccc2C1c1nonc1-c1ccccc1. The second-order valence-electron chi connectivity index (χ2n) is 4.87. The average Bonchev–Trinajstić information content (AvgIpc) is 3.11. The van der Waals surface area contributed by atoms with Crippen LogP contribution in [0.1, 0.15) is 17.2 Å². The van der Waals surface area contributed by atoms with Crippen LogP contribution in [0, 0.1) is 0 Å². The van der Waals surface area contributed by atoms with Gasteiger partial charge in [0.25, 0.3) is 0 Å². The normalized spacial score (nSPS) is 16.6. The van der Waals surface area contributed by atoms with Crippen molar-refractivity contribution in [3.8, 4) is 11.3 Å². The van der Waals surface area contributed by atoms with Gasteiger partial charge in [-0.3, -0.25) is 4.79 Å². The van der Waals surface area contributed by atoms with E-state index in [1.807, 2.05) is 54.6 Å². The van der Waals surface area contributed by atoms with E-state index >= 15 is 0 Å². The van der Waals surface area contributed by atoms with Crippen LogP contribution < -0.4 is 5.32 Å². The van der Waals surface area contributed by atoms with Crippen LogP contribution in [0.3, 0.4) is 0 Å². The summed E-state index contributed by atoms with van der Waals surface area (Å²) in [5.41, 5.74) is 3.74. The van der Waals surface area contributed by atoms with E-state index in [1.165, 1.54) is 0 Å². The fraction of sp³-hybridized carbons (Fsp3) is 0.0625. The zero-order chi connectivity index (χ0) is 14.2. The highest BCUT2D eigenvalue weighted by Crippen LogP contribution is 2.39. The number of nitrogens with one attached hydrogen (secondary N) is 1. The smallest absolute Gasteiger partial charge is 0.238 e. The minimum Gasteiger partial charge on any atom is -0.325 e. The molecular formula is C16H11N3O2. The molecule has 0 spiro atoms. The van der Waals surface area contributed by atoms with Gasteiger partial charge < -0.3 is 5.32 Å². The number of hydrogen-bond donors (Lipinski definition) is 1. The number of amides is 1. The lowest BCUT2D eigenvalue weighted by molar-refractivity contribution is -0.116. The molecule has 0 saturated carbocycles. The van der Waals surface area contributed by atoms with E-state index in [9.17, 15) is 4.79 Å². The van der Waals surface area contributed by atoms with E-state index in [2.05, 4.69) is 15.6 Å². The maximum atomic E-state index is 12.3. The van der Waals surface area contributed by atoms with Gasteiger partial charge in [0, 0.05) is 11.3 Å². The Kier molecular flexibility index (Phi) is 2.57. The molecule has 2 aromatic carbocycles. The van der Waals surface area contributed by atoms with E-state index in [0.717, 1.165) is 16.8 Å². The Balaban J connectivity index is 1.86. The van der Waals surface area contributed by atoms with Crippen molar-refractivity contribution in [1.82, 2.24) is 10.3 Å². The number of fused-ring (bicyclic) bond motifs is 1. The molecule has 0 radical (unpaired) electrons. The number of para-hydroxylation sites is 1. The lowest BCUT2D eigenvalue weighted by Crippen LogP contribution is -2.14. The molecule has 0 aliphatic carbocycles. The molecule has 0 bridgehead atoms. The molecule has 102 valence electrons. The van der Waals surface area contributed by atoms with Crippen LogP contribution in [0.25, 0.3) is 11.3 Å². The van der Waals surface area contributed by atoms with E-state index < -0.39 is 5.92 Å². The van der Waals surface area contributed by atoms with Crippen LogP contribution in [0.4, 0.5) is 5.69 Å². The van der Waals surface area contributed by atoms with Crippen LogP contribution >= 0.6 is 0 Å². The van der Waals surface area contributed by atoms with Gasteiger partial charge in [-0.15, -0.1) is 0 Å². The molecule has 5 heteroatoms. The van der Waals surface area contributed by atoms with Crippen LogP contribution in [0.2, 0.25) is 0 Å². The number of rotatable bonds is 2. The monoisotopic (exact) mass is 277 g/mol. The first-order valence-electron chi connectivity index (χ1n) is 6.62. The molecule has 0 fully saturated rings. The fourth-order valence-corrected chi connectivity index (χ4v) is 2.66. The highest BCUT2D eigenvalue weighted by molar-refractivity contribution is 6.05. The van der Waals surface area contributed by atoms with Gasteiger partial charge in [-0.2, -0.15) is 0 Å². The standard InChI is InChI=1S/C16H11N3O2/c20-16-13(11-8-4-5-9-12(11)17-16)15-14(18-21-19-15)10-6-2-1-3-7-10/h1-9,13H,(H,17,20). The molecule has 4 rings (SSSR count). The van der Waals surface area contributed by atoms with Crippen molar-refractivity contribution in [2.45, 2.75) is 5.92 Å². The zero-order valence-electron chi connectivity index (χ0n) is 11.0. The first kappa shape index (κ1) is 11.8. The first-order valence-corrected chi connectivity index (χ1v) is 6.62. The summed E-state index contributed by atoms with van der Waals surface area (Å²) in [4.78, 5) is 12.3. The summed E-state index contributed by atoms with van der Waals surface area (Å²) in [5.74, 6) is -0.591. The summed E-state index contributed by atoms with van der Waals surface area (Å²) in [6, 6.07) is 17.2. The molecule has 1 aliphatic rings. The van der Waals surface area contributed by atoms with E-state index in [0.29, 0.717) is 11.4 Å². The van der Waals surface area contributed by atoms with E-state index in [4.69, 9.17) is 4.63 Å². The van der Waals surface area contributed by atoms with Crippen molar-refractivity contribution >= 4 is 11.6 Å². The third-order valence-corrected chi connectivity index (χ3v) is 3.63. The van der Waals surface area contributed by atoms with E-state index in [-0.39, 0.29) is 5.91 Å². The van der Waals surface area contributed by atoms with Crippen LogP contribution in [0.5, 0.6) is 0 Å². The first-order chi connectivity index (χ1) is 10.3. The predicted octanol–water partition coefficient (Wildman–Crippen LogP) is 2.82. The van der Waals surface area contributed by atoms with Gasteiger partial charge in [0.05, 0.1) is 0 Å². The Morgan fingerprint density at radius 2 is 1.71 bits per heavy atom. The molecule has 1 N–H and O–H groups in total. The summed E-state index contributed by atoms with van der Waals surface area (Å²) in [6.45, 7) is 0. The van der Waals surface area contributed by atoms with Crippen molar-refractivity contribution in [2.24, 2.45) is 0 Å². The second-order valence-corrected chi connectivity index (χ2v) is 4.87. The number of hydrogen-bond acceptors (Lipinski definition) is 4. The number of carbonyl (C=O) groups excluding carboxylic acids is 1. The minimum atomic E-state index is -0.484. The average molecular weight is 277 g/mol. The van der Waals surface area contributed by atoms with Gasteiger partial charge in [-0.05, 0) is 16.8 Å². The van der Waals surface area contributed by atoms with Gasteiger partial charge in [-0.25, -0.2) is 4.63 Å². The van der Waals surface area contributed by atoms with Crippen molar-refractivity contribution in [1.29, 1.82) is 0 Å². The molecular weight excluding hydrogens is 266 g/mol. The summed E-state index contributed by atoms with van der Waals surface area (Å²) < 4.78 is 4.90. The fourth-order valence-electron chi connectivity index (χ4n) is 2.66. The topological polar surface area (TPSA) is 68.0 Å². The van der Waals surface area contributed by atoms with Gasteiger partial charge >= 0.3 is 0 Å². The summed E-state index contributed by atoms with van der Waals surface area (Å²) in [7, 11) is 0. The maximum absolute atomic E-state index is 12.3. The Hall–Kier alpha value is -2.95. The Morgan fingerprint density at radius 3 is 2.57 bits per heavy atom. The Labute approximate surface area is 120 Å². The largest absolute Gasteiger partial charge is 0.325 e. The number of benzene rings is 2. The van der Waals surface area contributed by atoms with Crippen molar-refractivity contribution in [3.63, 3.8) is 0 Å². The number of nitrogens with zero attached hydrogens (tertiary/aromatic N) is 2. The maximum Gasteiger partial charge on any atom is 0.238 e. The molecule has 1 atom stereocenters. The quantitative estimate of drug-likeness (QED) is 0.782. The van der Waals surface area contributed by atoms with Crippen molar-refractivity contribution < 1.29 is 9.42 Å². The lowest BCUT2D eigenvalue weighted by atomic mass is 9.94. The second kappa shape index (κ2) is 4.56. The highest BCUT2D eigenvalue weighted by atomic mass is 16.6. The third-order valence-electron chi connectivity index (χ3n) is 3.63. The van der Waals surface area contributed by atoms with Crippen LogP contribution in [-0.2, 0) is 4.79 Å². The van der Waals surface area contributed by atoms with Crippen LogP contribution in [-0.4, -0.2) is 16.2 Å². The molecule has 1 aliphatic heterocycles.